The van der Waals surface area contributed by atoms with Crippen LogP contribution in [0.3, 0.4) is 0 Å². The Kier molecular flexibility index (Phi) is 7.96. The van der Waals surface area contributed by atoms with Crippen LogP contribution in [0.25, 0.3) is 0 Å². The molecule has 0 radical (unpaired) electrons. The normalized spacial score (nSPS) is 15.7. The van der Waals surface area contributed by atoms with Crippen molar-refractivity contribution in [2.24, 2.45) is 5.73 Å². The molecule has 1 atom stereocenters. The minimum Gasteiger partial charge on any atom is -0.441 e. The summed E-state index contributed by atoms with van der Waals surface area (Å²) < 4.78 is 5.15. The molecule has 1 aliphatic rings. The fraction of sp³-hybridized carbons (Fsp3) is 0.300. The molecule has 0 aromatic heterocycles. The lowest BCUT2D eigenvalue weighted by Gasteiger charge is -2.37. The van der Waals surface area contributed by atoms with Crippen molar-refractivity contribution in [2.45, 2.75) is 12.5 Å². The maximum Gasteiger partial charge on any atom is 0.405 e. The lowest BCUT2D eigenvalue weighted by Crippen LogP contribution is -2.48. The molecule has 1 aromatic rings. The number of carbonyl (C=O) groups is 2. The van der Waals surface area contributed by atoms with Gasteiger partial charge in [0.15, 0.2) is 0 Å². The van der Waals surface area contributed by atoms with Gasteiger partial charge in [0.2, 0.25) is 5.91 Å². The van der Waals surface area contributed by atoms with Crippen molar-refractivity contribution in [1.82, 2.24) is 9.80 Å². The van der Waals surface area contributed by atoms with E-state index in [-0.39, 0.29) is 12.3 Å². The summed E-state index contributed by atoms with van der Waals surface area (Å²) in [6.07, 6.45) is 3.53. The van der Waals surface area contributed by atoms with E-state index in [1.54, 1.807) is 35.3 Å². The van der Waals surface area contributed by atoms with Crippen molar-refractivity contribution in [3.63, 3.8) is 0 Å². The van der Waals surface area contributed by atoms with Gasteiger partial charge in [-0.2, -0.15) is 0 Å². The maximum atomic E-state index is 12.8. The smallest absolute Gasteiger partial charge is 0.405 e. The third-order valence-corrected chi connectivity index (χ3v) is 5.17. The Balaban J connectivity index is 2.05. The summed E-state index contributed by atoms with van der Waals surface area (Å²) >= 11 is 12.0. The number of nitrogens with zero attached hydrogens (tertiary/aromatic N) is 2. The Morgan fingerprint density at radius 2 is 1.79 bits per heavy atom. The van der Waals surface area contributed by atoms with Gasteiger partial charge in [-0.05, 0) is 29.8 Å². The van der Waals surface area contributed by atoms with Crippen molar-refractivity contribution in [3.8, 4) is 0 Å². The predicted octanol–water partition coefficient (Wildman–Crippen LogP) is 3.92. The predicted molar refractivity (Wildman–Crippen MR) is 111 cm³/mol. The number of primary amides is 1. The van der Waals surface area contributed by atoms with Crippen LogP contribution in [-0.2, 0) is 9.53 Å². The maximum absolute atomic E-state index is 12.8. The lowest BCUT2D eigenvalue weighted by atomic mass is 10.1. The van der Waals surface area contributed by atoms with Crippen molar-refractivity contribution >= 4 is 35.2 Å². The Labute approximate surface area is 174 Å². The first-order valence-corrected chi connectivity index (χ1v) is 9.50. The molecule has 2 N–H and O–H groups in total. The summed E-state index contributed by atoms with van der Waals surface area (Å²) in [5, 5.41) is 0.681. The molecule has 0 spiro atoms. The molecule has 8 heteroatoms. The molecule has 1 heterocycles. The zero-order chi connectivity index (χ0) is 20.7. The summed E-state index contributed by atoms with van der Waals surface area (Å²) in [6, 6.07) is 4.81. The Morgan fingerprint density at radius 1 is 1.14 bits per heavy atom. The second kappa shape index (κ2) is 10.2. The first-order chi connectivity index (χ1) is 13.3. The van der Waals surface area contributed by atoms with Crippen LogP contribution in [0.2, 0.25) is 10.0 Å². The summed E-state index contributed by atoms with van der Waals surface area (Å²) in [7, 11) is 0. The van der Waals surface area contributed by atoms with E-state index < -0.39 is 12.2 Å². The molecule has 0 saturated carbocycles. The van der Waals surface area contributed by atoms with Crippen molar-refractivity contribution in [2.75, 3.05) is 26.2 Å². The average molecular weight is 424 g/mol. The molecule has 0 aliphatic carbocycles. The second-order valence-electron chi connectivity index (χ2n) is 6.20. The monoisotopic (exact) mass is 423 g/mol. The Hall–Kier alpha value is -2.44. The van der Waals surface area contributed by atoms with Crippen LogP contribution in [0.1, 0.15) is 18.1 Å². The van der Waals surface area contributed by atoms with Gasteiger partial charge < -0.3 is 20.3 Å². The highest BCUT2D eigenvalue weighted by Gasteiger charge is 2.26. The number of nitrogens with two attached hydrogens (primary N) is 1. The summed E-state index contributed by atoms with van der Waals surface area (Å²) in [5.74, 6) is -0.134. The average Bonchev–Trinajstić information content (AvgIpc) is 2.67. The van der Waals surface area contributed by atoms with E-state index in [1.807, 2.05) is 6.08 Å². The van der Waals surface area contributed by atoms with Gasteiger partial charge in [-0.15, -0.1) is 0 Å². The first-order valence-electron chi connectivity index (χ1n) is 8.74. The van der Waals surface area contributed by atoms with Gasteiger partial charge in [0.1, 0.15) is 6.10 Å². The molecule has 1 aliphatic heterocycles. The summed E-state index contributed by atoms with van der Waals surface area (Å²) in [6.45, 7) is 9.94. The number of hydrogen-bond donors (Lipinski definition) is 1. The van der Waals surface area contributed by atoms with Gasteiger partial charge in [-0.1, -0.05) is 48.5 Å². The van der Waals surface area contributed by atoms with Gasteiger partial charge in [-0.3, -0.25) is 4.79 Å². The molecule has 1 aromatic carbocycles. The fourth-order valence-corrected chi connectivity index (χ4v) is 3.31. The highest BCUT2D eigenvalue weighted by molar-refractivity contribution is 6.42. The zero-order valence-electron chi connectivity index (χ0n) is 15.4. The topological polar surface area (TPSA) is 75.9 Å². The number of carbonyl (C=O) groups excluding carboxylic acids is 2. The van der Waals surface area contributed by atoms with E-state index >= 15 is 0 Å². The minimum atomic E-state index is -0.959. The quantitative estimate of drug-likeness (QED) is 0.674. The number of allylic oxidation sites excluding steroid dienone is 3. The second-order valence-corrected chi connectivity index (χ2v) is 7.02. The minimum absolute atomic E-state index is 0.0300. The molecule has 1 saturated heterocycles. The number of benzene rings is 1. The third kappa shape index (κ3) is 5.78. The number of hydrogen-bond acceptors (Lipinski definition) is 4. The molecular formula is C20H23Cl2N3O3. The summed E-state index contributed by atoms with van der Waals surface area (Å²) in [5.41, 5.74) is 6.70. The van der Waals surface area contributed by atoms with Crippen LogP contribution in [0, 0.1) is 0 Å². The molecule has 1 fully saturated rings. The Bertz CT molecular complexity index is 787. The summed E-state index contributed by atoms with van der Waals surface area (Å²) in [4.78, 5) is 27.9. The molecule has 150 valence electrons. The van der Waals surface area contributed by atoms with Gasteiger partial charge in [-0.25, -0.2) is 4.79 Å². The van der Waals surface area contributed by atoms with Crippen LogP contribution in [-0.4, -0.2) is 48.0 Å². The number of amides is 2. The molecule has 2 rings (SSSR count). The van der Waals surface area contributed by atoms with E-state index in [4.69, 9.17) is 33.7 Å². The van der Waals surface area contributed by atoms with Crippen LogP contribution >= 0.6 is 23.2 Å². The van der Waals surface area contributed by atoms with Crippen molar-refractivity contribution in [1.29, 1.82) is 0 Å². The van der Waals surface area contributed by atoms with Crippen LogP contribution in [0.4, 0.5) is 4.79 Å². The van der Waals surface area contributed by atoms with E-state index in [0.29, 0.717) is 41.8 Å². The highest BCUT2D eigenvalue weighted by atomic mass is 35.5. The van der Waals surface area contributed by atoms with Gasteiger partial charge in [0.05, 0.1) is 16.5 Å². The lowest BCUT2D eigenvalue weighted by molar-refractivity contribution is -0.134. The van der Waals surface area contributed by atoms with Crippen LogP contribution < -0.4 is 5.73 Å². The van der Waals surface area contributed by atoms with Gasteiger partial charge in [0.25, 0.3) is 0 Å². The SMILES string of the molecule is C=CC=C(C=C)N1CCN(C(=O)CC(OC(N)=O)c2ccc(Cl)c(Cl)c2)CC1. The van der Waals surface area contributed by atoms with E-state index in [9.17, 15) is 9.59 Å². The molecule has 2 amide bonds. The first kappa shape index (κ1) is 21.9. The zero-order valence-corrected chi connectivity index (χ0v) is 17.0. The molecule has 0 bridgehead atoms. The van der Waals surface area contributed by atoms with Crippen LogP contribution in [0.5, 0.6) is 0 Å². The Morgan fingerprint density at radius 3 is 2.32 bits per heavy atom. The number of halogens is 2. The van der Waals surface area contributed by atoms with Crippen molar-refractivity contribution < 1.29 is 14.3 Å². The molecule has 6 nitrogen and oxygen atoms in total. The highest BCUT2D eigenvalue weighted by Crippen LogP contribution is 2.29. The fourth-order valence-electron chi connectivity index (χ4n) is 3.01. The van der Waals surface area contributed by atoms with E-state index in [1.165, 1.54) is 0 Å². The standard InChI is InChI=1S/C20H23Cl2N3O3/c1-3-5-15(4-2)24-8-10-25(11-9-24)19(26)13-18(28-20(23)27)14-6-7-16(21)17(22)12-14/h3-7,12,18H,1-2,8-11,13H2,(H2,23,27). The van der Waals surface area contributed by atoms with Gasteiger partial charge >= 0.3 is 6.09 Å². The largest absolute Gasteiger partial charge is 0.441 e. The number of piperazine rings is 1. The molecular weight excluding hydrogens is 401 g/mol. The van der Waals surface area contributed by atoms with E-state index in [2.05, 4.69) is 18.1 Å². The third-order valence-electron chi connectivity index (χ3n) is 4.43. The van der Waals surface area contributed by atoms with Crippen LogP contribution in [0.15, 0.2) is 55.3 Å². The molecule has 1 unspecified atom stereocenters. The number of rotatable bonds is 7. The van der Waals surface area contributed by atoms with E-state index in [0.717, 1.165) is 5.70 Å². The number of ether oxygens (including phenoxy) is 1. The van der Waals surface area contributed by atoms with Gasteiger partial charge in [0, 0.05) is 31.9 Å². The molecule has 28 heavy (non-hydrogen) atoms. The van der Waals surface area contributed by atoms with Crippen molar-refractivity contribution in [3.05, 3.63) is 70.9 Å².